The molecule has 0 saturated heterocycles. The SMILES string of the molecule is N#Cc1ccc(OC(C(=O)Nc2nc3cc(CO)c(CO)cc3s2)c2cccc(S(=O)(=O)c3ccc(Cl)cc3)c2)cc1. The van der Waals surface area contributed by atoms with E-state index >= 15 is 0 Å². The summed E-state index contributed by atoms with van der Waals surface area (Å²) in [6.45, 7) is -0.540. The first-order chi connectivity index (χ1) is 20.2. The predicted molar refractivity (Wildman–Crippen MR) is 158 cm³/mol. The monoisotopic (exact) mass is 619 g/mol. The van der Waals surface area contributed by atoms with Gasteiger partial charge in [0.05, 0.1) is 44.9 Å². The van der Waals surface area contributed by atoms with Crippen LogP contribution in [0.1, 0.15) is 28.4 Å². The van der Waals surface area contributed by atoms with Gasteiger partial charge in [-0.25, -0.2) is 13.4 Å². The molecule has 0 bridgehead atoms. The van der Waals surface area contributed by atoms with Gasteiger partial charge in [0.15, 0.2) is 5.13 Å². The first kappa shape index (κ1) is 29.2. The lowest BCUT2D eigenvalue weighted by atomic mass is 10.1. The first-order valence-electron chi connectivity index (χ1n) is 12.4. The van der Waals surface area contributed by atoms with Gasteiger partial charge in [-0.3, -0.25) is 10.1 Å². The van der Waals surface area contributed by atoms with Crippen LogP contribution in [0.25, 0.3) is 10.2 Å². The number of halogens is 1. The minimum atomic E-state index is -3.94. The number of carbonyl (C=O) groups excluding carboxylic acids is 1. The lowest BCUT2D eigenvalue weighted by Crippen LogP contribution is -2.26. The molecule has 42 heavy (non-hydrogen) atoms. The molecule has 5 aromatic rings. The Balaban J connectivity index is 1.51. The third-order valence-electron chi connectivity index (χ3n) is 6.35. The standard InChI is InChI=1S/C30H22ClN3O6S2/c31-22-6-10-24(11-7-22)42(38,39)25-3-1-2-19(12-25)28(40-23-8-4-18(15-32)5-9-23)29(37)34-30-33-26-13-20(16-35)21(17-36)14-27(26)41-30/h1-14,28,35-36H,16-17H2,(H,33,34,37). The summed E-state index contributed by atoms with van der Waals surface area (Å²) < 4.78 is 33.4. The molecule has 212 valence electrons. The third kappa shape index (κ3) is 6.13. The van der Waals surface area contributed by atoms with Gasteiger partial charge in [-0.15, -0.1) is 0 Å². The highest BCUT2D eigenvalue weighted by atomic mass is 35.5. The Morgan fingerprint density at radius 3 is 2.33 bits per heavy atom. The predicted octanol–water partition coefficient (Wildman–Crippen LogP) is 5.40. The van der Waals surface area contributed by atoms with Crippen molar-refractivity contribution >= 4 is 54.0 Å². The second-order valence-corrected chi connectivity index (χ2v) is 12.5. The van der Waals surface area contributed by atoms with E-state index in [0.717, 1.165) is 0 Å². The molecule has 0 saturated carbocycles. The van der Waals surface area contributed by atoms with E-state index in [-0.39, 0.29) is 39.4 Å². The Labute approximate surface area is 250 Å². The zero-order chi connectivity index (χ0) is 29.9. The van der Waals surface area contributed by atoms with Crippen molar-refractivity contribution in [1.29, 1.82) is 5.26 Å². The number of nitrogens with zero attached hydrogens (tertiary/aromatic N) is 2. The maximum atomic E-state index is 13.7. The molecule has 1 unspecified atom stereocenters. The topological polar surface area (TPSA) is 150 Å². The van der Waals surface area contributed by atoms with Crippen LogP contribution in [-0.4, -0.2) is 29.5 Å². The molecule has 9 nitrogen and oxygen atoms in total. The van der Waals surface area contributed by atoms with Crippen LogP contribution in [0.3, 0.4) is 0 Å². The van der Waals surface area contributed by atoms with E-state index in [9.17, 15) is 23.4 Å². The lowest BCUT2D eigenvalue weighted by molar-refractivity contribution is -0.123. The molecule has 0 radical (unpaired) electrons. The Kier molecular flexibility index (Phi) is 8.54. The largest absolute Gasteiger partial charge is 0.476 e. The van der Waals surface area contributed by atoms with E-state index in [1.807, 2.05) is 6.07 Å². The van der Waals surface area contributed by atoms with Crippen molar-refractivity contribution in [3.8, 4) is 11.8 Å². The number of aliphatic hydroxyl groups excluding tert-OH is 2. The average Bonchev–Trinajstić information content (AvgIpc) is 3.40. The minimum Gasteiger partial charge on any atom is -0.476 e. The number of thiazole rings is 1. The smallest absolute Gasteiger partial charge is 0.271 e. The van der Waals surface area contributed by atoms with E-state index in [4.69, 9.17) is 21.6 Å². The highest BCUT2D eigenvalue weighted by Crippen LogP contribution is 2.32. The normalized spacial score (nSPS) is 12.0. The lowest BCUT2D eigenvalue weighted by Gasteiger charge is -2.19. The number of fused-ring (bicyclic) bond motifs is 1. The van der Waals surface area contributed by atoms with Gasteiger partial charge in [0.25, 0.3) is 5.91 Å². The number of hydrogen-bond acceptors (Lipinski definition) is 9. The van der Waals surface area contributed by atoms with Gasteiger partial charge in [0, 0.05) is 10.6 Å². The molecule has 1 atom stereocenters. The van der Waals surface area contributed by atoms with Gasteiger partial charge in [-0.1, -0.05) is 35.1 Å². The van der Waals surface area contributed by atoms with Gasteiger partial charge in [-0.2, -0.15) is 5.26 Å². The molecule has 0 aliphatic carbocycles. The van der Waals surface area contributed by atoms with Gasteiger partial charge >= 0.3 is 0 Å². The number of aromatic nitrogens is 1. The van der Waals surface area contributed by atoms with Crippen molar-refractivity contribution in [2.45, 2.75) is 29.1 Å². The Morgan fingerprint density at radius 2 is 1.67 bits per heavy atom. The zero-order valence-corrected chi connectivity index (χ0v) is 24.1. The zero-order valence-electron chi connectivity index (χ0n) is 21.7. The summed E-state index contributed by atoms with van der Waals surface area (Å²) in [7, 11) is -3.94. The molecule has 0 fully saturated rings. The molecule has 0 aliphatic heterocycles. The van der Waals surface area contributed by atoms with E-state index in [1.54, 1.807) is 18.2 Å². The van der Waals surface area contributed by atoms with Crippen LogP contribution in [0.2, 0.25) is 5.02 Å². The van der Waals surface area contributed by atoms with E-state index in [0.29, 0.717) is 31.9 Å². The van der Waals surface area contributed by atoms with Crippen LogP contribution >= 0.6 is 22.9 Å². The number of sulfone groups is 1. The fourth-order valence-electron chi connectivity index (χ4n) is 4.19. The molecule has 0 aliphatic rings. The van der Waals surface area contributed by atoms with E-state index in [2.05, 4.69) is 10.3 Å². The second kappa shape index (κ2) is 12.3. The van der Waals surface area contributed by atoms with Crippen LogP contribution in [0.15, 0.2) is 94.7 Å². The van der Waals surface area contributed by atoms with Crippen LogP contribution in [0.5, 0.6) is 5.75 Å². The molecule has 12 heteroatoms. The summed E-state index contributed by atoms with van der Waals surface area (Å²) in [4.78, 5) is 18.1. The molecule has 1 aromatic heterocycles. The third-order valence-corrected chi connectivity index (χ3v) is 9.30. The van der Waals surface area contributed by atoms with Crippen molar-refractivity contribution < 1.29 is 28.2 Å². The maximum absolute atomic E-state index is 13.7. The summed E-state index contributed by atoms with van der Waals surface area (Å²) in [5, 5.41) is 31.7. The molecule has 4 aromatic carbocycles. The summed E-state index contributed by atoms with van der Waals surface area (Å²) in [6, 6.07) is 23.2. The summed E-state index contributed by atoms with van der Waals surface area (Å²) >= 11 is 7.10. The summed E-state index contributed by atoms with van der Waals surface area (Å²) in [5.41, 5.74) is 2.26. The van der Waals surface area contributed by atoms with Gasteiger partial charge in [0.2, 0.25) is 15.9 Å². The number of amides is 1. The minimum absolute atomic E-state index is 0.0389. The van der Waals surface area contributed by atoms with Gasteiger partial charge in [0.1, 0.15) is 5.75 Å². The Morgan fingerprint density at radius 1 is 0.976 bits per heavy atom. The summed E-state index contributed by atoms with van der Waals surface area (Å²) in [5.74, 6) is -0.339. The number of ether oxygens (including phenoxy) is 1. The molecular formula is C30H22ClN3O6S2. The van der Waals surface area contributed by atoms with Crippen LogP contribution in [0.4, 0.5) is 5.13 Å². The Bertz CT molecular complexity index is 1880. The van der Waals surface area contributed by atoms with Crippen LogP contribution in [-0.2, 0) is 27.8 Å². The number of nitrogens with one attached hydrogen (secondary N) is 1. The fraction of sp³-hybridized carbons (Fsp3) is 0.100. The molecular weight excluding hydrogens is 598 g/mol. The maximum Gasteiger partial charge on any atom is 0.271 e. The van der Waals surface area contributed by atoms with Crippen molar-refractivity contribution in [3.05, 3.63) is 112 Å². The number of rotatable bonds is 9. The van der Waals surface area contributed by atoms with Crippen LogP contribution < -0.4 is 10.1 Å². The molecule has 1 amide bonds. The molecule has 0 spiro atoms. The number of anilines is 1. The number of aliphatic hydroxyl groups is 2. The van der Waals surface area contributed by atoms with Crippen molar-refractivity contribution in [3.63, 3.8) is 0 Å². The molecule has 3 N–H and O–H groups in total. The van der Waals surface area contributed by atoms with E-state index < -0.39 is 21.8 Å². The molecule has 1 heterocycles. The number of benzene rings is 4. The second-order valence-electron chi connectivity index (χ2n) is 9.08. The van der Waals surface area contributed by atoms with E-state index in [1.165, 1.54) is 78.1 Å². The summed E-state index contributed by atoms with van der Waals surface area (Å²) in [6.07, 6.45) is -1.30. The molecule has 5 rings (SSSR count). The number of hydrogen-bond donors (Lipinski definition) is 3. The highest BCUT2D eigenvalue weighted by molar-refractivity contribution is 7.91. The average molecular weight is 620 g/mol. The van der Waals surface area contributed by atoms with Crippen LogP contribution in [0, 0.1) is 11.3 Å². The van der Waals surface area contributed by atoms with Gasteiger partial charge in [-0.05, 0) is 83.9 Å². The Hall–Kier alpha value is -4.31. The van der Waals surface area contributed by atoms with Crippen molar-refractivity contribution in [2.75, 3.05) is 5.32 Å². The number of carbonyl (C=O) groups is 1. The van der Waals surface area contributed by atoms with Gasteiger partial charge < -0.3 is 14.9 Å². The first-order valence-corrected chi connectivity index (χ1v) is 15.1. The quantitative estimate of drug-likeness (QED) is 0.199. The fourth-order valence-corrected chi connectivity index (χ4v) is 6.55. The highest BCUT2D eigenvalue weighted by Gasteiger charge is 2.27. The number of nitriles is 1. The van der Waals surface area contributed by atoms with Crippen molar-refractivity contribution in [1.82, 2.24) is 4.98 Å². The van der Waals surface area contributed by atoms with Crippen molar-refractivity contribution in [2.24, 2.45) is 0 Å².